The average Bonchev–Trinajstić information content (AvgIpc) is 3.06. The number of thioether (sulfide) groups is 1. The van der Waals surface area contributed by atoms with Crippen LogP contribution in [0.25, 0.3) is 5.69 Å². The van der Waals surface area contributed by atoms with Crippen LogP contribution in [0.1, 0.15) is 38.7 Å². The van der Waals surface area contributed by atoms with E-state index < -0.39 is 0 Å². The molecule has 0 saturated heterocycles. The molecule has 134 valence electrons. The molecule has 3 atom stereocenters. The van der Waals surface area contributed by atoms with Gasteiger partial charge in [0, 0.05) is 6.04 Å². The Bertz CT molecular complexity index is 715. The summed E-state index contributed by atoms with van der Waals surface area (Å²) in [7, 11) is 0. The van der Waals surface area contributed by atoms with E-state index in [1.165, 1.54) is 30.2 Å². The number of rotatable bonds is 5. The summed E-state index contributed by atoms with van der Waals surface area (Å²) in [6.45, 7) is 6.55. The fourth-order valence-corrected chi connectivity index (χ4v) is 3.98. The summed E-state index contributed by atoms with van der Waals surface area (Å²) >= 11 is 1.37. The maximum Gasteiger partial charge on any atom is 0.230 e. The fraction of sp³-hybridized carbons (Fsp3) is 0.556. The molecule has 25 heavy (non-hydrogen) atoms. The molecular formula is C18H25N5OS. The minimum Gasteiger partial charge on any atom is -0.352 e. The molecule has 7 heteroatoms. The number of nitrogens with zero attached hydrogens (tertiary/aromatic N) is 4. The van der Waals surface area contributed by atoms with Crippen LogP contribution in [0.3, 0.4) is 0 Å². The first kappa shape index (κ1) is 17.9. The minimum atomic E-state index is 0.0504. The quantitative estimate of drug-likeness (QED) is 0.831. The average molecular weight is 359 g/mol. The number of tetrazole rings is 1. The molecule has 0 spiro atoms. The van der Waals surface area contributed by atoms with E-state index in [-0.39, 0.29) is 11.9 Å². The smallest absolute Gasteiger partial charge is 0.230 e. The molecule has 1 fully saturated rings. The molecule has 0 bridgehead atoms. The van der Waals surface area contributed by atoms with Gasteiger partial charge < -0.3 is 5.32 Å². The van der Waals surface area contributed by atoms with E-state index in [9.17, 15) is 4.79 Å². The van der Waals surface area contributed by atoms with Crippen molar-refractivity contribution in [1.82, 2.24) is 25.5 Å². The molecular weight excluding hydrogens is 334 g/mol. The summed E-state index contributed by atoms with van der Waals surface area (Å²) in [6.07, 6.45) is 3.52. The fourth-order valence-electron chi connectivity index (χ4n) is 3.28. The van der Waals surface area contributed by atoms with Gasteiger partial charge in [0.25, 0.3) is 0 Å². The van der Waals surface area contributed by atoms with Gasteiger partial charge >= 0.3 is 0 Å². The maximum absolute atomic E-state index is 12.3. The number of nitrogens with one attached hydrogen (secondary N) is 1. The lowest BCUT2D eigenvalue weighted by Gasteiger charge is -2.34. The number of carbonyl (C=O) groups excluding carboxylic acids is 1. The maximum atomic E-state index is 12.3. The predicted molar refractivity (Wildman–Crippen MR) is 98.7 cm³/mol. The van der Waals surface area contributed by atoms with Crippen LogP contribution in [0.5, 0.6) is 0 Å². The second-order valence-electron chi connectivity index (χ2n) is 6.94. The molecule has 1 aliphatic carbocycles. The van der Waals surface area contributed by atoms with Crippen LogP contribution in [-0.4, -0.2) is 37.9 Å². The molecule has 3 unspecified atom stereocenters. The van der Waals surface area contributed by atoms with Crippen molar-refractivity contribution < 1.29 is 4.79 Å². The van der Waals surface area contributed by atoms with Crippen molar-refractivity contribution in [3.8, 4) is 5.69 Å². The molecule has 1 aromatic carbocycles. The second kappa shape index (κ2) is 7.99. The van der Waals surface area contributed by atoms with Gasteiger partial charge in [0.1, 0.15) is 0 Å². The zero-order chi connectivity index (χ0) is 17.8. The van der Waals surface area contributed by atoms with Crippen molar-refractivity contribution in [2.45, 2.75) is 51.2 Å². The lowest BCUT2D eigenvalue weighted by atomic mass is 9.78. The first-order chi connectivity index (χ1) is 12.0. The summed E-state index contributed by atoms with van der Waals surface area (Å²) in [5.41, 5.74) is 2.08. The molecule has 1 aromatic heterocycles. The third-order valence-corrected chi connectivity index (χ3v) is 6.02. The molecule has 1 N–H and O–H groups in total. The highest BCUT2D eigenvalue weighted by atomic mass is 32.2. The summed E-state index contributed by atoms with van der Waals surface area (Å²) in [4.78, 5) is 12.3. The number of hydrogen-bond donors (Lipinski definition) is 1. The molecule has 2 aromatic rings. The molecule has 3 rings (SSSR count). The molecule has 1 amide bonds. The zero-order valence-electron chi connectivity index (χ0n) is 15.0. The highest BCUT2D eigenvalue weighted by Gasteiger charge is 2.28. The van der Waals surface area contributed by atoms with Crippen molar-refractivity contribution in [2.24, 2.45) is 11.8 Å². The SMILES string of the molecule is Cc1ccc(-n2nnnc2SCC(=O)NC2CCCC(C)C2C)cc1. The van der Waals surface area contributed by atoms with E-state index in [2.05, 4.69) is 34.7 Å². The minimum absolute atomic E-state index is 0.0504. The molecule has 1 saturated carbocycles. The highest BCUT2D eigenvalue weighted by Crippen LogP contribution is 2.29. The van der Waals surface area contributed by atoms with Crippen molar-refractivity contribution in [2.75, 3.05) is 5.75 Å². The van der Waals surface area contributed by atoms with Crippen LogP contribution in [0.2, 0.25) is 0 Å². The van der Waals surface area contributed by atoms with Crippen LogP contribution in [-0.2, 0) is 4.79 Å². The number of aryl methyl sites for hydroxylation is 1. The molecule has 6 nitrogen and oxygen atoms in total. The Labute approximate surface area is 152 Å². The van der Waals surface area contributed by atoms with Gasteiger partial charge in [-0.1, -0.05) is 56.1 Å². The van der Waals surface area contributed by atoms with Gasteiger partial charge in [0.05, 0.1) is 11.4 Å². The van der Waals surface area contributed by atoms with Crippen LogP contribution in [0.4, 0.5) is 0 Å². The van der Waals surface area contributed by atoms with Crippen molar-refractivity contribution in [3.05, 3.63) is 29.8 Å². The highest BCUT2D eigenvalue weighted by molar-refractivity contribution is 7.99. The number of benzene rings is 1. The Morgan fingerprint density at radius 1 is 1.28 bits per heavy atom. The standard InChI is InChI=1S/C18H25N5OS/c1-12-7-9-15(10-8-12)23-18(20-21-22-23)25-11-17(24)19-16-6-4-5-13(2)14(16)3/h7-10,13-14,16H,4-6,11H2,1-3H3,(H,19,24). The molecule has 0 aliphatic heterocycles. The topological polar surface area (TPSA) is 72.7 Å². The van der Waals surface area contributed by atoms with Crippen molar-refractivity contribution in [3.63, 3.8) is 0 Å². The normalized spacial score (nSPS) is 23.4. The third-order valence-electron chi connectivity index (χ3n) is 5.11. The van der Waals surface area contributed by atoms with E-state index in [0.29, 0.717) is 22.7 Å². The Morgan fingerprint density at radius 2 is 2.04 bits per heavy atom. The summed E-state index contributed by atoms with van der Waals surface area (Å²) in [6, 6.07) is 8.26. The Balaban J connectivity index is 1.58. The summed E-state index contributed by atoms with van der Waals surface area (Å²) < 4.78 is 1.67. The van der Waals surface area contributed by atoms with Gasteiger partial charge in [-0.3, -0.25) is 4.79 Å². The van der Waals surface area contributed by atoms with Gasteiger partial charge in [-0.15, -0.1) is 5.10 Å². The number of aromatic nitrogens is 4. The molecule has 1 aliphatic rings. The second-order valence-corrected chi connectivity index (χ2v) is 7.88. The van der Waals surface area contributed by atoms with E-state index >= 15 is 0 Å². The van der Waals surface area contributed by atoms with E-state index in [0.717, 1.165) is 12.1 Å². The molecule has 0 radical (unpaired) electrons. The lowest BCUT2D eigenvalue weighted by Crippen LogP contribution is -2.44. The molecule has 1 heterocycles. The first-order valence-electron chi connectivity index (χ1n) is 8.82. The van der Waals surface area contributed by atoms with Gasteiger partial charge in [0.15, 0.2) is 0 Å². The first-order valence-corrected chi connectivity index (χ1v) is 9.80. The van der Waals surface area contributed by atoms with Crippen molar-refractivity contribution >= 4 is 17.7 Å². The largest absolute Gasteiger partial charge is 0.352 e. The number of amides is 1. The van der Waals surface area contributed by atoms with E-state index in [1.807, 2.05) is 31.2 Å². The summed E-state index contributed by atoms with van der Waals surface area (Å²) in [5.74, 6) is 1.57. The van der Waals surface area contributed by atoms with Gasteiger partial charge in [-0.2, -0.15) is 4.68 Å². The Morgan fingerprint density at radius 3 is 2.80 bits per heavy atom. The third kappa shape index (κ3) is 4.39. The zero-order valence-corrected chi connectivity index (χ0v) is 15.8. The monoisotopic (exact) mass is 359 g/mol. The van der Waals surface area contributed by atoms with Crippen LogP contribution in [0, 0.1) is 18.8 Å². The summed E-state index contributed by atoms with van der Waals surface area (Å²) in [5, 5.41) is 15.6. The number of hydrogen-bond acceptors (Lipinski definition) is 5. The van der Waals surface area contributed by atoms with Crippen LogP contribution in [0.15, 0.2) is 29.4 Å². The van der Waals surface area contributed by atoms with Gasteiger partial charge in [-0.05, 0) is 47.7 Å². The number of carbonyl (C=O) groups is 1. The van der Waals surface area contributed by atoms with Crippen LogP contribution >= 0.6 is 11.8 Å². The van der Waals surface area contributed by atoms with Gasteiger partial charge in [-0.25, -0.2) is 0 Å². The van der Waals surface area contributed by atoms with E-state index in [4.69, 9.17) is 0 Å². The van der Waals surface area contributed by atoms with E-state index in [1.54, 1.807) is 4.68 Å². The van der Waals surface area contributed by atoms with Crippen molar-refractivity contribution in [1.29, 1.82) is 0 Å². The Kier molecular flexibility index (Phi) is 5.73. The lowest BCUT2D eigenvalue weighted by molar-refractivity contribution is -0.120. The predicted octanol–water partition coefficient (Wildman–Crippen LogP) is 3.00. The van der Waals surface area contributed by atoms with Gasteiger partial charge in [0.2, 0.25) is 11.1 Å². The van der Waals surface area contributed by atoms with Crippen LogP contribution < -0.4 is 5.32 Å². The Hall–Kier alpha value is -1.89.